The fourth-order valence-corrected chi connectivity index (χ4v) is 4.83. The predicted octanol–water partition coefficient (Wildman–Crippen LogP) is 0.560. The van der Waals surface area contributed by atoms with Gasteiger partial charge in [0.1, 0.15) is 36.3 Å². The number of amides is 1. The number of aliphatic hydroxyl groups is 4. The molecular formula is C26H45N7O6. The van der Waals surface area contributed by atoms with Crippen molar-refractivity contribution in [2.24, 2.45) is 0 Å². The fourth-order valence-electron chi connectivity index (χ4n) is 4.83. The van der Waals surface area contributed by atoms with Crippen molar-refractivity contribution in [1.82, 2.24) is 30.6 Å². The summed E-state index contributed by atoms with van der Waals surface area (Å²) in [6.07, 6.45) is 8.25. The minimum Gasteiger partial charge on any atom is -0.394 e. The number of hydrogen-bond donors (Lipinski definition) is 8. The minimum atomic E-state index is -1.49. The first-order chi connectivity index (χ1) is 19.0. The highest BCUT2D eigenvalue weighted by atomic mass is 16.5. The average Bonchev–Trinajstić information content (AvgIpc) is 3.43. The molecule has 2 aromatic heterocycles. The number of ether oxygens (including phenoxy) is 1. The summed E-state index contributed by atoms with van der Waals surface area (Å²) >= 11 is 0. The number of anilines is 1. The standard InChI is InChI=1S/C26H45N7O6/c1-2-3-4-5-6-7-8-9-10-11-12-27-13-18(36)32-19-21(37)22(38)26(39-23(19)17(35)14-34)33-25-20-24(29-15-28-20)30-16-31-25/h15-17,19,21-23,26-27,34-35,37-38H,2-14H2,1H3,(H,32,36)(H2,28,29,30,31,33)/t17-,19+,21+,22+,23-,26-/m0/s1. The molecule has 0 radical (unpaired) electrons. The summed E-state index contributed by atoms with van der Waals surface area (Å²) in [7, 11) is 0. The Morgan fingerprint density at radius 2 is 1.72 bits per heavy atom. The van der Waals surface area contributed by atoms with Crippen molar-refractivity contribution in [1.29, 1.82) is 0 Å². The van der Waals surface area contributed by atoms with E-state index in [0.717, 1.165) is 12.8 Å². The molecule has 0 aliphatic carbocycles. The third-order valence-electron chi connectivity index (χ3n) is 7.07. The SMILES string of the molecule is CCCCCCCCCCCCNCC(=O)N[C@@H]1[C@@H](O)[C@@H](O)[C@@H](Nc2ncnc3nc[nH]c23)O[C@H]1[C@@H](O)CO. The number of H-pyrrole nitrogens is 1. The van der Waals surface area contributed by atoms with E-state index in [1.54, 1.807) is 0 Å². The van der Waals surface area contributed by atoms with E-state index in [1.165, 1.54) is 64.0 Å². The van der Waals surface area contributed by atoms with Crippen LogP contribution >= 0.6 is 0 Å². The molecule has 1 aliphatic heterocycles. The molecule has 3 heterocycles. The third kappa shape index (κ3) is 9.33. The molecule has 220 valence electrons. The van der Waals surface area contributed by atoms with Crippen LogP contribution < -0.4 is 16.0 Å². The quantitative estimate of drug-likeness (QED) is 0.120. The van der Waals surface area contributed by atoms with E-state index in [-0.39, 0.29) is 12.4 Å². The molecule has 8 N–H and O–H groups in total. The van der Waals surface area contributed by atoms with Gasteiger partial charge in [-0.05, 0) is 13.0 Å². The first-order valence-electron chi connectivity index (χ1n) is 14.2. The number of aromatic amines is 1. The van der Waals surface area contributed by atoms with Gasteiger partial charge in [-0.2, -0.15) is 0 Å². The number of carbonyl (C=O) groups is 1. The van der Waals surface area contributed by atoms with E-state index in [1.807, 2.05) is 0 Å². The third-order valence-corrected chi connectivity index (χ3v) is 7.07. The number of imidazole rings is 1. The number of rotatable bonds is 18. The molecular weight excluding hydrogens is 506 g/mol. The van der Waals surface area contributed by atoms with E-state index in [4.69, 9.17) is 4.74 Å². The molecule has 0 spiro atoms. The lowest BCUT2D eigenvalue weighted by Gasteiger charge is -2.44. The number of nitrogens with zero attached hydrogens (tertiary/aromatic N) is 3. The topological polar surface area (TPSA) is 198 Å². The van der Waals surface area contributed by atoms with Gasteiger partial charge in [-0.25, -0.2) is 15.0 Å². The van der Waals surface area contributed by atoms with Crippen molar-refractivity contribution in [3.8, 4) is 0 Å². The van der Waals surface area contributed by atoms with Crippen molar-refractivity contribution in [2.45, 2.75) is 108 Å². The number of carbonyl (C=O) groups excluding carboxylic acids is 1. The van der Waals surface area contributed by atoms with Crippen molar-refractivity contribution in [3.05, 3.63) is 12.7 Å². The number of aromatic nitrogens is 4. The normalized spacial score (nSPS) is 24.1. The van der Waals surface area contributed by atoms with Gasteiger partial charge in [0.15, 0.2) is 17.7 Å². The fraction of sp³-hybridized carbons (Fsp3) is 0.769. The average molecular weight is 552 g/mol. The Morgan fingerprint density at radius 1 is 1.03 bits per heavy atom. The minimum absolute atomic E-state index is 0.0130. The Balaban J connectivity index is 1.42. The molecule has 1 saturated heterocycles. The molecule has 39 heavy (non-hydrogen) atoms. The van der Waals surface area contributed by atoms with Crippen LogP contribution in [0.1, 0.15) is 71.1 Å². The number of fused-ring (bicyclic) bond motifs is 1. The van der Waals surface area contributed by atoms with Crippen LogP contribution in [-0.2, 0) is 9.53 Å². The summed E-state index contributed by atoms with van der Waals surface area (Å²) in [5.41, 5.74) is 0.853. The van der Waals surface area contributed by atoms with Crippen LogP contribution in [0.4, 0.5) is 5.82 Å². The largest absolute Gasteiger partial charge is 0.394 e. The summed E-state index contributed by atoms with van der Waals surface area (Å²) in [6.45, 7) is 2.26. The summed E-state index contributed by atoms with van der Waals surface area (Å²) in [6, 6.07) is -1.15. The molecule has 13 nitrogen and oxygen atoms in total. The van der Waals surface area contributed by atoms with Crippen LogP contribution in [0.25, 0.3) is 11.2 Å². The summed E-state index contributed by atoms with van der Waals surface area (Å²) in [5, 5.41) is 50.1. The van der Waals surface area contributed by atoms with Gasteiger partial charge in [0.2, 0.25) is 5.91 Å². The summed E-state index contributed by atoms with van der Waals surface area (Å²) in [5.74, 6) is -0.150. The van der Waals surface area contributed by atoms with Gasteiger partial charge in [0.05, 0.1) is 25.5 Å². The highest BCUT2D eigenvalue weighted by molar-refractivity contribution is 5.82. The Bertz CT molecular complexity index is 979. The lowest BCUT2D eigenvalue weighted by atomic mass is 9.92. The second-order valence-electron chi connectivity index (χ2n) is 10.2. The Hall–Kier alpha value is -2.42. The molecule has 3 rings (SSSR count). The Kier molecular flexibility index (Phi) is 13.3. The second kappa shape index (κ2) is 16.6. The van der Waals surface area contributed by atoms with Crippen LogP contribution in [0.2, 0.25) is 0 Å². The maximum Gasteiger partial charge on any atom is 0.234 e. The molecule has 0 unspecified atom stereocenters. The Labute approximate surface area is 229 Å². The number of hydrogen-bond acceptors (Lipinski definition) is 11. The maximum atomic E-state index is 12.6. The highest BCUT2D eigenvalue weighted by Gasteiger charge is 2.47. The zero-order valence-electron chi connectivity index (χ0n) is 22.8. The van der Waals surface area contributed by atoms with Crippen molar-refractivity contribution in [3.63, 3.8) is 0 Å². The molecule has 0 aromatic carbocycles. The Morgan fingerprint density at radius 3 is 2.41 bits per heavy atom. The zero-order valence-corrected chi connectivity index (χ0v) is 22.8. The predicted molar refractivity (Wildman–Crippen MR) is 146 cm³/mol. The van der Waals surface area contributed by atoms with Gasteiger partial charge >= 0.3 is 0 Å². The second-order valence-corrected chi connectivity index (χ2v) is 10.2. The molecule has 0 saturated carbocycles. The van der Waals surface area contributed by atoms with Crippen LogP contribution in [0.15, 0.2) is 12.7 Å². The van der Waals surface area contributed by atoms with Gasteiger partial charge in [-0.3, -0.25) is 4.79 Å². The maximum absolute atomic E-state index is 12.6. The van der Waals surface area contributed by atoms with Crippen molar-refractivity contribution >= 4 is 22.9 Å². The van der Waals surface area contributed by atoms with Gasteiger partial charge < -0.3 is 46.1 Å². The first kappa shape index (κ1) is 31.1. The molecule has 2 aromatic rings. The van der Waals surface area contributed by atoms with Crippen LogP contribution in [-0.4, -0.2) is 103 Å². The lowest BCUT2D eigenvalue weighted by molar-refractivity contribution is -0.204. The van der Waals surface area contributed by atoms with Crippen LogP contribution in [0.5, 0.6) is 0 Å². The zero-order chi connectivity index (χ0) is 28.0. The van der Waals surface area contributed by atoms with E-state index in [2.05, 4.69) is 42.8 Å². The van der Waals surface area contributed by atoms with Crippen molar-refractivity contribution in [2.75, 3.05) is 25.0 Å². The summed E-state index contributed by atoms with van der Waals surface area (Å²) < 4.78 is 5.82. The molecule has 1 aliphatic rings. The monoisotopic (exact) mass is 551 g/mol. The van der Waals surface area contributed by atoms with Gasteiger partial charge in [-0.15, -0.1) is 0 Å². The highest BCUT2D eigenvalue weighted by Crippen LogP contribution is 2.26. The van der Waals surface area contributed by atoms with E-state index in [9.17, 15) is 25.2 Å². The van der Waals surface area contributed by atoms with E-state index in [0.29, 0.717) is 17.7 Å². The lowest BCUT2D eigenvalue weighted by Crippen LogP contribution is -2.68. The molecule has 6 atom stereocenters. The number of aliphatic hydroxyl groups excluding tert-OH is 4. The summed E-state index contributed by atoms with van der Waals surface area (Å²) in [4.78, 5) is 27.6. The van der Waals surface area contributed by atoms with Crippen molar-refractivity contribution < 1.29 is 30.0 Å². The van der Waals surface area contributed by atoms with E-state index < -0.39 is 49.2 Å². The van der Waals surface area contributed by atoms with E-state index >= 15 is 0 Å². The molecule has 0 bridgehead atoms. The first-order valence-corrected chi connectivity index (χ1v) is 14.2. The van der Waals surface area contributed by atoms with Crippen LogP contribution in [0, 0.1) is 0 Å². The van der Waals surface area contributed by atoms with Gasteiger partial charge in [-0.1, -0.05) is 64.7 Å². The van der Waals surface area contributed by atoms with Gasteiger partial charge in [0, 0.05) is 0 Å². The number of unbranched alkanes of at least 4 members (excludes halogenated alkanes) is 9. The van der Waals surface area contributed by atoms with Gasteiger partial charge in [0.25, 0.3) is 0 Å². The molecule has 1 amide bonds. The number of nitrogens with one attached hydrogen (secondary N) is 4. The molecule has 13 heteroatoms. The molecule has 1 fully saturated rings. The van der Waals surface area contributed by atoms with Crippen LogP contribution in [0.3, 0.4) is 0 Å². The smallest absolute Gasteiger partial charge is 0.234 e.